The number of quaternary nitrogens is 2. The number of ether oxygens (including phenoxy) is 2. The molecule has 0 atom stereocenters. The zero-order chi connectivity index (χ0) is 11.4. The second-order valence-corrected chi connectivity index (χ2v) is 4.04. The predicted octanol–water partition coefficient (Wildman–Crippen LogP) is -1.20. The van der Waals surface area contributed by atoms with Gasteiger partial charge in [-0.3, -0.25) is 4.90 Å². The van der Waals surface area contributed by atoms with Crippen LogP contribution in [0.4, 0.5) is 5.69 Å². The summed E-state index contributed by atoms with van der Waals surface area (Å²) in [7, 11) is 3.42. The first-order valence-electron chi connectivity index (χ1n) is 5.74. The minimum atomic E-state index is 0.901. The van der Waals surface area contributed by atoms with E-state index < -0.39 is 0 Å². The molecule has 16 heavy (non-hydrogen) atoms. The molecule has 0 aliphatic carbocycles. The quantitative estimate of drug-likeness (QED) is 0.677. The normalized spacial score (nSPS) is 17.1. The molecular weight excluding hydrogens is 204 g/mol. The first kappa shape index (κ1) is 11.2. The lowest BCUT2D eigenvalue weighted by molar-refractivity contribution is -0.895. The fourth-order valence-corrected chi connectivity index (χ4v) is 2.18. The van der Waals surface area contributed by atoms with Crippen molar-refractivity contribution >= 4 is 5.69 Å². The van der Waals surface area contributed by atoms with E-state index in [1.807, 2.05) is 12.1 Å². The third kappa shape index (κ3) is 2.28. The Kier molecular flexibility index (Phi) is 3.64. The Bertz CT molecular complexity index is 349. The summed E-state index contributed by atoms with van der Waals surface area (Å²) in [6.45, 7) is 4.64. The Morgan fingerprint density at radius 1 is 1.12 bits per heavy atom. The molecule has 2 rings (SSSR count). The fourth-order valence-electron chi connectivity index (χ4n) is 2.18. The van der Waals surface area contributed by atoms with Crippen LogP contribution < -0.4 is 19.7 Å². The molecule has 0 bridgehead atoms. The summed E-state index contributed by atoms with van der Waals surface area (Å²) in [5.74, 6) is 1.86. The third-order valence-electron chi connectivity index (χ3n) is 3.09. The molecule has 0 unspecified atom stereocenters. The van der Waals surface area contributed by atoms with Crippen molar-refractivity contribution < 1.29 is 19.7 Å². The van der Waals surface area contributed by atoms with Crippen LogP contribution in [-0.4, -0.2) is 40.4 Å². The molecule has 0 spiro atoms. The van der Waals surface area contributed by atoms with E-state index in [4.69, 9.17) is 9.47 Å². The van der Waals surface area contributed by atoms with Crippen LogP contribution in [0.15, 0.2) is 18.2 Å². The van der Waals surface area contributed by atoms with E-state index in [2.05, 4.69) is 11.4 Å². The molecule has 1 aromatic rings. The van der Waals surface area contributed by atoms with Crippen LogP contribution in [0.25, 0.3) is 0 Å². The van der Waals surface area contributed by atoms with Crippen LogP contribution in [0.5, 0.6) is 11.5 Å². The molecule has 4 nitrogen and oxygen atoms in total. The first-order valence-corrected chi connectivity index (χ1v) is 5.74. The fraction of sp³-hybridized carbons (Fsp3) is 0.500. The van der Waals surface area contributed by atoms with E-state index in [0.717, 1.165) is 24.6 Å². The van der Waals surface area contributed by atoms with Crippen LogP contribution >= 0.6 is 0 Å². The molecule has 0 saturated carbocycles. The molecule has 1 fully saturated rings. The largest absolute Gasteiger partial charge is 0.497 e. The number of piperazine rings is 1. The number of hydrogen-bond acceptors (Lipinski definition) is 2. The van der Waals surface area contributed by atoms with Crippen molar-refractivity contribution in [1.29, 1.82) is 0 Å². The molecule has 1 heterocycles. The Balaban J connectivity index is 2.27. The van der Waals surface area contributed by atoms with Crippen molar-refractivity contribution in [3.05, 3.63) is 18.2 Å². The van der Waals surface area contributed by atoms with Gasteiger partial charge in [-0.2, -0.15) is 0 Å². The van der Waals surface area contributed by atoms with E-state index >= 15 is 0 Å². The van der Waals surface area contributed by atoms with Crippen LogP contribution in [0, 0.1) is 0 Å². The first-order chi connectivity index (χ1) is 7.85. The van der Waals surface area contributed by atoms with Gasteiger partial charge in [-0.1, -0.05) is 0 Å². The molecular formula is C12H20N2O2+2. The second-order valence-electron chi connectivity index (χ2n) is 4.04. The molecule has 1 aromatic carbocycles. The Hall–Kier alpha value is -1.26. The zero-order valence-corrected chi connectivity index (χ0v) is 9.95. The lowest BCUT2D eigenvalue weighted by atomic mass is 10.2. The van der Waals surface area contributed by atoms with Gasteiger partial charge in [0.1, 0.15) is 31.9 Å². The van der Waals surface area contributed by atoms with Gasteiger partial charge in [-0.05, 0) is 12.1 Å². The van der Waals surface area contributed by atoms with E-state index in [-0.39, 0.29) is 0 Å². The number of methoxy groups -OCH3 is 2. The summed E-state index contributed by atoms with van der Waals surface area (Å²) in [5.41, 5.74) is 1.22. The highest BCUT2D eigenvalue weighted by Gasteiger charge is 2.22. The van der Waals surface area contributed by atoms with Gasteiger partial charge in [0.25, 0.3) is 0 Å². The van der Waals surface area contributed by atoms with Crippen LogP contribution in [0.3, 0.4) is 0 Å². The molecule has 1 aliphatic rings. The average Bonchev–Trinajstić information content (AvgIpc) is 2.39. The third-order valence-corrected chi connectivity index (χ3v) is 3.09. The van der Waals surface area contributed by atoms with Gasteiger partial charge in [-0.25, -0.2) is 0 Å². The number of rotatable bonds is 3. The highest BCUT2D eigenvalue weighted by atomic mass is 16.5. The van der Waals surface area contributed by atoms with Crippen molar-refractivity contribution in [3.63, 3.8) is 0 Å². The summed E-state index contributed by atoms with van der Waals surface area (Å²) >= 11 is 0. The number of benzene rings is 1. The summed E-state index contributed by atoms with van der Waals surface area (Å²) in [6, 6.07) is 6.01. The summed E-state index contributed by atoms with van der Waals surface area (Å²) in [6.07, 6.45) is 0. The standard InChI is InChI=1S/C12H18N2O2/c1-15-10-3-4-12(16-2)11(9-10)14-7-5-13-6-8-14/h3-4,9,13H,5-8H2,1-2H3/p+2. The van der Waals surface area contributed by atoms with Gasteiger partial charge in [-0.15, -0.1) is 0 Å². The highest BCUT2D eigenvalue weighted by Crippen LogP contribution is 2.25. The molecule has 88 valence electrons. The lowest BCUT2D eigenvalue weighted by Crippen LogP contribution is -3.17. The van der Waals surface area contributed by atoms with Gasteiger partial charge < -0.3 is 14.8 Å². The second kappa shape index (κ2) is 5.18. The van der Waals surface area contributed by atoms with Crippen LogP contribution in [-0.2, 0) is 0 Å². The molecule has 1 saturated heterocycles. The van der Waals surface area contributed by atoms with Gasteiger partial charge in [0.15, 0.2) is 11.4 Å². The number of hydrogen-bond donors (Lipinski definition) is 2. The van der Waals surface area contributed by atoms with Gasteiger partial charge in [0.2, 0.25) is 0 Å². The molecule has 1 aliphatic heterocycles. The maximum absolute atomic E-state index is 5.41. The Morgan fingerprint density at radius 3 is 2.50 bits per heavy atom. The smallest absolute Gasteiger partial charge is 0.179 e. The lowest BCUT2D eigenvalue weighted by Gasteiger charge is -2.23. The Labute approximate surface area is 96.2 Å². The van der Waals surface area contributed by atoms with Crippen molar-refractivity contribution in [2.75, 3.05) is 40.4 Å². The Morgan fingerprint density at radius 2 is 1.88 bits per heavy atom. The predicted molar refractivity (Wildman–Crippen MR) is 61.6 cm³/mol. The van der Waals surface area contributed by atoms with E-state index in [9.17, 15) is 0 Å². The highest BCUT2D eigenvalue weighted by molar-refractivity contribution is 5.50. The van der Waals surface area contributed by atoms with Gasteiger partial charge in [0, 0.05) is 6.07 Å². The van der Waals surface area contributed by atoms with Crippen molar-refractivity contribution in [3.8, 4) is 11.5 Å². The van der Waals surface area contributed by atoms with E-state index in [0.29, 0.717) is 0 Å². The molecule has 4 heteroatoms. The van der Waals surface area contributed by atoms with Crippen LogP contribution in [0.2, 0.25) is 0 Å². The molecule has 0 radical (unpaired) electrons. The van der Waals surface area contributed by atoms with Crippen LogP contribution in [0.1, 0.15) is 0 Å². The molecule has 0 amide bonds. The minimum Gasteiger partial charge on any atom is -0.497 e. The monoisotopic (exact) mass is 224 g/mol. The van der Waals surface area contributed by atoms with Crippen molar-refractivity contribution in [1.82, 2.24) is 0 Å². The maximum atomic E-state index is 5.41. The van der Waals surface area contributed by atoms with Crippen molar-refractivity contribution in [2.24, 2.45) is 0 Å². The van der Waals surface area contributed by atoms with E-state index in [1.54, 1.807) is 14.2 Å². The summed E-state index contributed by atoms with van der Waals surface area (Å²) in [4.78, 5) is 1.48. The average molecular weight is 224 g/mol. The van der Waals surface area contributed by atoms with Gasteiger partial charge in [0.05, 0.1) is 14.2 Å². The summed E-state index contributed by atoms with van der Waals surface area (Å²) in [5, 5.41) is 2.36. The topological polar surface area (TPSA) is 39.5 Å². The summed E-state index contributed by atoms with van der Waals surface area (Å²) < 4.78 is 10.7. The number of nitrogens with one attached hydrogen (secondary N) is 1. The molecule has 0 aromatic heterocycles. The minimum absolute atomic E-state index is 0.901. The van der Waals surface area contributed by atoms with Crippen molar-refractivity contribution in [2.45, 2.75) is 0 Å². The zero-order valence-electron chi connectivity index (χ0n) is 9.95. The maximum Gasteiger partial charge on any atom is 0.179 e. The van der Waals surface area contributed by atoms with E-state index in [1.165, 1.54) is 23.7 Å². The van der Waals surface area contributed by atoms with Gasteiger partial charge >= 0.3 is 0 Å². The molecule has 3 N–H and O–H groups in total. The SMILES string of the molecule is COc1ccc(OC)c([NH+]2CC[NH2+]CC2)c1. The number of nitrogens with two attached hydrogens (primary N) is 1.